The second kappa shape index (κ2) is 5.56. The van der Waals surface area contributed by atoms with Gasteiger partial charge in [0.25, 0.3) is 5.91 Å². The fourth-order valence-electron chi connectivity index (χ4n) is 1.76. The van der Waals surface area contributed by atoms with Crippen molar-refractivity contribution < 1.29 is 9.90 Å². The minimum Gasteiger partial charge on any atom is -0.507 e. The van der Waals surface area contributed by atoms with Gasteiger partial charge in [0.2, 0.25) is 5.96 Å². The van der Waals surface area contributed by atoms with Crippen molar-refractivity contribution in [1.29, 1.82) is 0 Å². The van der Waals surface area contributed by atoms with E-state index in [0.29, 0.717) is 23.8 Å². The lowest BCUT2D eigenvalue weighted by molar-refractivity contribution is -0.121. The van der Waals surface area contributed by atoms with Crippen LogP contribution in [0, 0.1) is 0 Å². The molecule has 1 aliphatic heterocycles. The molecule has 0 bridgehead atoms. The molecule has 0 radical (unpaired) electrons. The van der Waals surface area contributed by atoms with E-state index >= 15 is 0 Å². The Labute approximate surface area is 112 Å². The summed E-state index contributed by atoms with van der Waals surface area (Å²) >= 11 is 0. The van der Waals surface area contributed by atoms with E-state index in [4.69, 9.17) is 0 Å². The van der Waals surface area contributed by atoms with E-state index in [-0.39, 0.29) is 11.7 Å². The van der Waals surface area contributed by atoms with E-state index in [0.717, 1.165) is 6.42 Å². The van der Waals surface area contributed by atoms with Gasteiger partial charge in [0.1, 0.15) is 11.4 Å². The minimum absolute atomic E-state index is 0.145. The fourth-order valence-corrected chi connectivity index (χ4v) is 1.76. The quantitative estimate of drug-likeness (QED) is 0.810. The molecule has 1 fully saturated rings. The van der Waals surface area contributed by atoms with Crippen molar-refractivity contribution in [2.45, 2.75) is 13.3 Å². The number of aliphatic imine (C=N–C) groups is 1. The Kier molecular flexibility index (Phi) is 3.85. The largest absolute Gasteiger partial charge is 0.507 e. The Balaban J connectivity index is 2.27. The summed E-state index contributed by atoms with van der Waals surface area (Å²) in [6.45, 7) is 2.70. The zero-order chi connectivity index (χ0) is 13.8. The Hall–Kier alpha value is -2.30. The Morgan fingerprint density at radius 2 is 2.16 bits per heavy atom. The van der Waals surface area contributed by atoms with Crippen molar-refractivity contribution in [2.75, 3.05) is 13.6 Å². The summed E-state index contributed by atoms with van der Waals surface area (Å²) in [6.07, 6.45) is 2.55. The number of para-hydroxylation sites is 1. The number of carbonyl (C=O) groups is 1. The van der Waals surface area contributed by atoms with E-state index in [2.05, 4.69) is 10.3 Å². The third-order valence-corrected chi connectivity index (χ3v) is 2.82. The predicted octanol–water partition coefficient (Wildman–Crippen LogP) is 1.56. The molecule has 0 unspecified atom stereocenters. The first-order valence-electron chi connectivity index (χ1n) is 6.22. The molecule has 0 atom stereocenters. The summed E-state index contributed by atoms with van der Waals surface area (Å²) in [5, 5.41) is 12.7. The van der Waals surface area contributed by atoms with Crippen LogP contribution in [-0.2, 0) is 4.79 Å². The average Bonchev–Trinajstić information content (AvgIpc) is 2.67. The zero-order valence-corrected chi connectivity index (χ0v) is 11.1. The molecule has 0 aliphatic carbocycles. The lowest BCUT2D eigenvalue weighted by Gasteiger charge is -2.06. The highest BCUT2D eigenvalue weighted by molar-refractivity contribution is 6.15. The summed E-state index contributed by atoms with van der Waals surface area (Å²) in [7, 11) is 1.68. The van der Waals surface area contributed by atoms with Gasteiger partial charge in [-0.1, -0.05) is 25.1 Å². The minimum atomic E-state index is -0.155. The summed E-state index contributed by atoms with van der Waals surface area (Å²) in [5.74, 6) is 0.540. The molecule has 5 nitrogen and oxygen atoms in total. The van der Waals surface area contributed by atoms with Crippen molar-refractivity contribution >= 4 is 17.9 Å². The summed E-state index contributed by atoms with van der Waals surface area (Å²) < 4.78 is 0. The van der Waals surface area contributed by atoms with Gasteiger partial charge in [0, 0.05) is 19.2 Å². The van der Waals surface area contributed by atoms with Gasteiger partial charge in [0.15, 0.2) is 0 Å². The first kappa shape index (κ1) is 13.1. The van der Waals surface area contributed by atoms with Gasteiger partial charge in [-0.3, -0.25) is 14.7 Å². The van der Waals surface area contributed by atoms with Crippen LogP contribution in [-0.4, -0.2) is 35.5 Å². The second-order valence-electron chi connectivity index (χ2n) is 4.31. The Morgan fingerprint density at radius 3 is 2.84 bits per heavy atom. The summed E-state index contributed by atoms with van der Waals surface area (Å²) in [6, 6.07) is 6.88. The number of nitrogens with one attached hydrogen (secondary N) is 1. The average molecular weight is 259 g/mol. The molecule has 1 saturated heterocycles. The lowest BCUT2D eigenvalue weighted by atomic mass is 10.1. The number of benzene rings is 1. The molecule has 5 heteroatoms. The standard InChI is InChI=1S/C14H17N3O2/c1-3-8-15-14-16-11(13(19)17(14)2)9-10-6-4-5-7-12(10)18/h4-7,9,18H,3,8H2,1-2H3,(H,15,16)/b11-9-. The van der Waals surface area contributed by atoms with E-state index in [9.17, 15) is 9.90 Å². The number of carbonyl (C=O) groups excluding carboxylic acids is 1. The number of amides is 1. The summed E-state index contributed by atoms with van der Waals surface area (Å²) in [5.41, 5.74) is 1.02. The third-order valence-electron chi connectivity index (χ3n) is 2.82. The molecule has 0 saturated carbocycles. The molecule has 2 N–H and O–H groups in total. The molecular formula is C14H17N3O2. The second-order valence-corrected chi connectivity index (χ2v) is 4.31. The van der Waals surface area contributed by atoms with Crippen LogP contribution in [0.2, 0.25) is 0 Å². The lowest BCUT2D eigenvalue weighted by Crippen LogP contribution is -2.28. The first-order valence-corrected chi connectivity index (χ1v) is 6.22. The van der Waals surface area contributed by atoms with Gasteiger partial charge >= 0.3 is 0 Å². The molecule has 1 aromatic rings. The van der Waals surface area contributed by atoms with Crippen LogP contribution >= 0.6 is 0 Å². The number of aromatic hydroxyl groups is 1. The molecular weight excluding hydrogens is 242 g/mol. The molecule has 1 aliphatic rings. The van der Waals surface area contributed by atoms with Gasteiger partial charge in [-0.2, -0.15) is 0 Å². The monoisotopic (exact) mass is 259 g/mol. The number of rotatable bonds is 3. The van der Waals surface area contributed by atoms with Crippen molar-refractivity contribution in [1.82, 2.24) is 10.2 Å². The van der Waals surface area contributed by atoms with Gasteiger partial charge in [-0.15, -0.1) is 0 Å². The van der Waals surface area contributed by atoms with Gasteiger partial charge in [0.05, 0.1) is 0 Å². The number of hydrogen-bond donors (Lipinski definition) is 2. The summed E-state index contributed by atoms with van der Waals surface area (Å²) in [4.78, 5) is 17.8. The highest BCUT2D eigenvalue weighted by atomic mass is 16.3. The zero-order valence-electron chi connectivity index (χ0n) is 11.1. The smallest absolute Gasteiger partial charge is 0.276 e. The Bertz CT molecular complexity index is 549. The molecule has 2 rings (SSSR count). The SMILES string of the molecule is CCCN=C1N/C(=C\c2ccccc2O)C(=O)N1C. The maximum absolute atomic E-state index is 12.0. The van der Waals surface area contributed by atoms with Gasteiger partial charge in [-0.25, -0.2) is 0 Å². The highest BCUT2D eigenvalue weighted by Crippen LogP contribution is 2.20. The van der Waals surface area contributed by atoms with Crippen LogP contribution in [0.15, 0.2) is 35.0 Å². The van der Waals surface area contributed by atoms with Crippen LogP contribution in [0.25, 0.3) is 6.08 Å². The Morgan fingerprint density at radius 1 is 1.42 bits per heavy atom. The van der Waals surface area contributed by atoms with Crippen LogP contribution < -0.4 is 5.32 Å². The maximum Gasteiger partial charge on any atom is 0.276 e. The first-order chi connectivity index (χ1) is 9.13. The van der Waals surface area contributed by atoms with Crippen LogP contribution in [0.4, 0.5) is 0 Å². The molecule has 100 valence electrons. The normalized spacial score (nSPS) is 19.3. The van der Waals surface area contributed by atoms with E-state index in [1.807, 2.05) is 6.92 Å². The van der Waals surface area contributed by atoms with Crippen molar-refractivity contribution in [3.05, 3.63) is 35.5 Å². The van der Waals surface area contributed by atoms with Crippen molar-refractivity contribution in [3.8, 4) is 5.75 Å². The number of phenolic OH excluding ortho intramolecular Hbond substituents is 1. The van der Waals surface area contributed by atoms with Crippen LogP contribution in [0.5, 0.6) is 5.75 Å². The predicted molar refractivity (Wildman–Crippen MR) is 74.6 cm³/mol. The number of guanidine groups is 1. The van der Waals surface area contributed by atoms with Crippen molar-refractivity contribution in [3.63, 3.8) is 0 Å². The van der Waals surface area contributed by atoms with E-state index < -0.39 is 0 Å². The van der Waals surface area contributed by atoms with Gasteiger partial charge < -0.3 is 10.4 Å². The number of phenols is 1. The number of hydrogen-bond acceptors (Lipinski definition) is 3. The van der Waals surface area contributed by atoms with Crippen LogP contribution in [0.3, 0.4) is 0 Å². The number of nitrogens with zero attached hydrogens (tertiary/aromatic N) is 2. The van der Waals surface area contributed by atoms with E-state index in [1.165, 1.54) is 4.90 Å². The fraction of sp³-hybridized carbons (Fsp3) is 0.286. The molecule has 0 spiro atoms. The van der Waals surface area contributed by atoms with Crippen LogP contribution in [0.1, 0.15) is 18.9 Å². The molecule has 0 aromatic heterocycles. The molecule has 1 aromatic carbocycles. The molecule has 1 amide bonds. The third kappa shape index (κ3) is 2.76. The topological polar surface area (TPSA) is 64.9 Å². The van der Waals surface area contributed by atoms with E-state index in [1.54, 1.807) is 37.4 Å². The number of likely N-dealkylation sites (N-methyl/N-ethyl adjacent to an activating group) is 1. The molecule has 1 heterocycles. The van der Waals surface area contributed by atoms with Crippen molar-refractivity contribution in [2.24, 2.45) is 4.99 Å². The maximum atomic E-state index is 12.0. The highest BCUT2D eigenvalue weighted by Gasteiger charge is 2.28. The molecule has 19 heavy (non-hydrogen) atoms. The van der Waals surface area contributed by atoms with Gasteiger partial charge in [-0.05, 0) is 18.6 Å².